The van der Waals surface area contributed by atoms with Gasteiger partial charge in [-0.1, -0.05) is 32.1 Å². The van der Waals surface area contributed by atoms with Gasteiger partial charge in [0.2, 0.25) is 5.91 Å². The molecule has 2 heteroatoms. The molecule has 2 saturated carbocycles. The molecule has 2 aliphatic carbocycles. The summed E-state index contributed by atoms with van der Waals surface area (Å²) < 4.78 is 0. The summed E-state index contributed by atoms with van der Waals surface area (Å²) in [5, 5.41) is 3.29. The molecule has 1 amide bonds. The van der Waals surface area contributed by atoms with Gasteiger partial charge in [-0.3, -0.25) is 4.79 Å². The zero-order chi connectivity index (χ0) is 10.7. The van der Waals surface area contributed by atoms with Crippen LogP contribution in [0.4, 0.5) is 0 Å². The normalized spacial score (nSPS) is 26.5. The van der Waals surface area contributed by atoms with Gasteiger partial charge in [-0.15, -0.1) is 0 Å². The largest absolute Gasteiger partial charge is 0.351 e. The zero-order valence-corrected chi connectivity index (χ0v) is 9.85. The number of hydrogen-bond donors (Lipinski definition) is 1. The van der Waals surface area contributed by atoms with Crippen molar-refractivity contribution in [3.8, 4) is 0 Å². The second kappa shape index (κ2) is 4.54. The molecule has 0 saturated heterocycles. The van der Waals surface area contributed by atoms with E-state index in [0.717, 1.165) is 12.8 Å². The van der Waals surface area contributed by atoms with E-state index in [-0.39, 0.29) is 5.54 Å². The molecule has 0 atom stereocenters. The maximum absolute atomic E-state index is 12.0. The lowest BCUT2D eigenvalue weighted by atomic mass is 9.87. The monoisotopic (exact) mass is 209 g/mol. The Morgan fingerprint density at radius 1 is 1.07 bits per heavy atom. The molecule has 0 heterocycles. The molecule has 0 aromatic rings. The Morgan fingerprint density at radius 2 is 1.67 bits per heavy atom. The molecule has 0 aliphatic heterocycles. The fourth-order valence-corrected chi connectivity index (χ4v) is 3.04. The number of nitrogens with one attached hydrogen (secondary N) is 1. The molecule has 2 rings (SSSR count). The maximum atomic E-state index is 12.0. The summed E-state index contributed by atoms with van der Waals surface area (Å²) >= 11 is 0. The van der Waals surface area contributed by atoms with Crippen molar-refractivity contribution >= 4 is 5.91 Å². The van der Waals surface area contributed by atoms with E-state index in [1.807, 2.05) is 0 Å². The Kier molecular flexibility index (Phi) is 3.32. The molecule has 86 valence electrons. The topological polar surface area (TPSA) is 29.1 Å². The van der Waals surface area contributed by atoms with Gasteiger partial charge in [0, 0.05) is 11.5 Å². The Labute approximate surface area is 92.8 Å². The molecule has 0 radical (unpaired) electrons. The first-order valence-electron chi connectivity index (χ1n) is 6.52. The average molecular weight is 209 g/mol. The first-order chi connectivity index (χ1) is 7.20. The first-order valence-corrected chi connectivity index (χ1v) is 6.52. The number of amides is 1. The van der Waals surface area contributed by atoms with Crippen LogP contribution in [0.25, 0.3) is 0 Å². The second-order valence-electron chi connectivity index (χ2n) is 5.59. The molecular formula is C13H23NO. The van der Waals surface area contributed by atoms with Gasteiger partial charge in [-0.05, 0) is 32.6 Å². The third kappa shape index (κ3) is 2.73. The van der Waals surface area contributed by atoms with Gasteiger partial charge in [0.25, 0.3) is 0 Å². The van der Waals surface area contributed by atoms with Crippen molar-refractivity contribution in [2.75, 3.05) is 0 Å². The van der Waals surface area contributed by atoms with Gasteiger partial charge in [0.1, 0.15) is 0 Å². The van der Waals surface area contributed by atoms with Crippen LogP contribution >= 0.6 is 0 Å². The minimum absolute atomic E-state index is 0.120. The Hall–Kier alpha value is -0.530. The van der Waals surface area contributed by atoms with Crippen molar-refractivity contribution in [2.24, 2.45) is 5.92 Å². The summed E-state index contributed by atoms with van der Waals surface area (Å²) in [7, 11) is 0. The molecule has 15 heavy (non-hydrogen) atoms. The van der Waals surface area contributed by atoms with Crippen LogP contribution in [0.15, 0.2) is 0 Å². The number of carbonyl (C=O) groups is 1. The number of carbonyl (C=O) groups excluding carboxylic acids is 1. The molecule has 0 unspecified atom stereocenters. The van der Waals surface area contributed by atoms with Crippen molar-refractivity contribution in [3.63, 3.8) is 0 Å². The fraction of sp³-hybridized carbons (Fsp3) is 0.923. The average Bonchev–Trinajstić information content (AvgIpc) is 2.66. The summed E-state index contributed by atoms with van der Waals surface area (Å²) in [6.07, 6.45) is 10.9. The van der Waals surface area contributed by atoms with Gasteiger partial charge in [0.05, 0.1) is 0 Å². The van der Waals surface area contributed by atoms with Crippen molar-refractivity contribution in [3.05, 3.63) is 0 Å². The van der Waals surface area contributed by atoms with Gasteiger partial charge in [-0.2, -0.15) is 0 Å². The van der Waals surface area contributed by atoms with E-state index in [4.69, 9.17) is 0 Å². The maximum Gasteiger partial charge on any atom is 0.223 e. The highest BCUT2D eigenvalue weighted by Crippen LogP contribution is 2.30. The molecule has 2 nitrogen and oxygen atoms in total. The highest BCUT2D eigenvalue weighted by Gasteiger charge is 2.32. The summed E-state index contributed by atoms with van der Waals surface area (Å²) in [5.74, 6) is 0.648. The predicted molar refractivity (Wildman–Crippen MR) is 61.6 cm³/mol. The van der Waals surface area contributed by atoms with Crippen LogP contribution < -0.4 is 5.32 Å². The highest BCUT2D eigenvalue weighted by atomic mass is 16.2. The Morgan fingerprint density at radius 3 is 2.27 bits per heavy atom. The minimum atomic E-state index is 0.120. The summed E-state index contributed by atoms with van der Waals surface area (Å²) in [5.41, 5.74) is 0.120. The van der Waals surface area contributed by atoms with Gasteiger partial charge < -0.3 is 5.32 Å². The smallest absolute Gasteiger partial charge is 0.223 e. The lowest BCUT2D eigenvalue weighted by Gasteiger charge is -2.29. The highest BCUT2D eigenvalue weighted by molar-refractivity contribution is 5.79. The van der Waals surface area contributed by atoms with Crippen LogP contribution in [0.1, 0.15) is 64.7 Å². The molecule has 0 bridgehead atoms. The lowest BCUT2D eigenvalue weighted by molar-refractivity contribution is -0.127. The van der Waals surface area contributed by atoms with E-state index in [9.17, 15) is 4.79 Å². The molecule has 0 spiro atoms. The van der Waals surface area contributed by atoms with Crippen molar-refractivity contribution in [2.45, 2.75) is 70.3 Å². The first kappa shape index (κ1) is 11.0. The summed E-state index contributed by atoms with van der Waals surface area (Å²) in [4.78, 5) is 12.0. The Balaban J connectivity index is 1.85. The number of hydrogen-bond acceptors (Lipinski definition) is 1. The van der Waals surface area contributed by atoms with E-state index in [2.05, 4.69) is 12.2 Å². The van der Waals surface area contributed by atoms with Crippen LogP contribution in [0.2, 0.25) is 0 Å². The molecule has 1 N–H and O–H groups in total. The van der Waals surface area contributed by atoms with Crippen LogP contribution in [-0.2, 0) is 4.79 Å². The molecule has 0 aromatic heterocycles. The minimum Gasteiger partial charge on any atom is -0.351 e. The van der Waals surface area contributed by atoms with Crippen LogP contribution in [0.5, 0.6) is 0 Å². The number of rotatable bonds is 2. The molecule has 2 aliphatic rings. The van der Waals surface area contributed by atoms with Gasteiger partial charge >= 0.3 is 0 Å². The SMILES string of the molecule is CC1(NC(=O)C2CCCCC2)CCCC1. The van der Waals surface area contributed by atoms with Crippen molar-refractivity contribution < 1.29 is 4.79 Å². The van der Waals surface area contributed by atoms with Gasteiger partial charge in [-0.25, -0.2) is 0 Å². The van der Waals surface area contributed by atoms with Crippen LogP contribution in [0.3, 0.4) is 0 Å². The standard InChI is InChI=1S/C13H23NO/c1-13(9-5-6-10-13)14-12(15)11-7-3-2-4-8-11/h11H,2-10H2,1H3,(H,14,15). The van der Waals surface area contributed by atoms with E-state index in [0.29, 0.717) is 11.8 Å². The van der Waals surface area contributed by atoms with Crippen LogP contribution in [0, 0.1) is 5.92 Å². The quantitative estimate of drug-likeness (QED) is 0.744. The third-order valence-corrected chi connectivity index (χ3v) is 4.11. The van der Waals surface area contributed by atoms with E-state index in [1.54, 1.807) is 0 Å². The lowest BCUT2D eigenvalue weighted by Crippen LogP contribution is -2.46. The second-order valence-corrected chi connectivity index (χ2v) is 5.59. The predicted octanol–water partition coefficient (Wildman–Crippen LogP) is 3.02. The van der Waals surface area contributed by atoms with Crippen molar-refractivity contribution in [1.82, 2.24) is 5.32 Å². The molecule has 2 fully saturated rings. The zero-order valence-electron chi connectivity index (χ0n) is 9.85. The molecular weight excluding hydrogens is 186 g/mol. The van der Waals surface area contributed by atoms with E-state index in [1.165, 1.54) is 44.9 Å². The van der Waals surface area contributed by atoms with Crippen LogP contribution in [-0.4, -0.2) is 11.4 Å². The Bertz CT molecular complexity index is 225. The molecule has 0 aromatic carbocycles. The summed E-state index contributed by atoms with van der Waals surface area (Å²) in [6, 6.07) is 0. The third-order valence-electron chi connectivity index (χ3n) is 4.11. The van der Waals surface area contributed by atoms with E-state index < -0.39 is 0 Å². The van der Waals surface area contributed by atoms with Crippen molar-refractivity contribution in [1.29, 1.82) is 0 Å². The van der Waals surface area contributed by atoms with Gasteiger partial charge in [0.15, 0.2) is 0 Å². The summed E-state index contributed by atoms with van der Waals surface area (Å²) in [6.45, 7) is 2.21. The fourth-order valence-electron chi connectivity index (χ4n) is 3.04. The van der Waals surface area contributed by atoms with E-state index >= 15 is 0 Å².